The number of quaternary nitrogens is 1. The standard InChI is InChI=1S/C25H28N2O4/c1-4-27-22(28)19-20(23(27)29)25(24(30)31-5-2,15-17-12-7-6-8-13-17)26-21(19)18-14-10-9-11-16(18)3/h6-14,19-21,26H,4-5,15H2,1-3H3/p+1/t19-,20+,21-,25-/m1/s1. The Kier molecular flexibility index (Phi) is 5.67. The monoisotopic (exact) mass is 421 g/mol. The highest BCUT2D eigenvalue weighted by Gasteiger charge is 2.72. The molecule has 31 heavy (non-hydrogen) atoms. The molecule has 2 saturated heterocycles. The number of rotatable bonds is 6. The molecule has 162 valence electrons. The predicted octanol–water partition coefficient (Wildman–Crippen LogP) is 1.78. The fourth-order valence-electron chi connectivity index (χ4n) is 5.37. The Labute approximate surface area is 182 Å². The minimum absolute atomic E-state index is 0.193. The minimum Gasteiger partial charge on any atom is -0.461 e. The van der Waals surface area contributed by atoms with Crippen LogP contribution >= 0.6 is 0 Å². The zero-order valence-electron chi connectivity index (χ0n) is 18.2. The average Bonchev–Trinajstić information content (AvgIpc) is 3.23. The summed E-state index contributed by atoms with van der Waals surface area (Å²) in [4.78, 5) is 41.7. The van der Waals surface area contributed by atoms with Crippen molar-refractivity contribution in [3.05, 3.63) is 71.3 Å². The summed E-state index contributed by atoms with van der Waals surface area (Å²) in [7, 11) is 0. The number of amides is 2. The third-order valence-electron chi connectivity index (χ3n) is 6.72. The maximum atomic E-state index is 13.5. The zero-order valence-corrected chi connectivity index (χ0v) is 18.2. The van der Waals surface area contributed by atoms with Crippen molar-refractivity contribution in [3.8, 4) is 0 Å². The van der Waals surface area contributed by atoms with E-state index in [1.54, 1.807) is 13.8 Å². The van der Waals surface area contributed by atoms with E-state index in [9.17, 15) is 14.4 Å². The Hall–Kier alpha value is -2.99. The van der Waals surface area contributed by atoms with Crippen LogP contribution in [-0.4, -0.2) is 41.4 Å². The molecule has 0 aromatic heterocycles. The molecule has 2 aromatic rings. The Morgan fingerprint density at radius 2 is 1.71 bits per heavy atom. The third-order valence-corrected chi connectivity index (χ3v) is 6.72. The first-order valence-corrected chi connectivity index (χ1v) is 10.9. The highest BCUT2D eigenvalue weighted by atomic mass is 16.5. The molecule has 2 amide bonds. The van der Waals surface area contributed by atoms with E-state index in [0.29, 0.717) is 13.0 Å². The Morgan fingerprint density at radius 3 is 2.35 bits per heavy atom. The van der Waals surface area contributed by atoms with E-state index in [0.717, 1.165) is 16.7 Å². The second kappa shape index (κ2) is 8.27. The third kappa shape index (κ3) is 3.35. The van der Waals surface area contributed by atoms with Crippen LogP contribution in [0.15, 0.2) is 54.6 Å². The molecule has 2 aliphatic heterocycles. The Balaban J connectivity index is 1.89. The Morgan fingerprint density at radius 1 is 1.03 bits per heavy atom. The van der Waals surface area contributed by atoms with E-state index in [1.807, 2.05) is 66.8 Å². The van der Waals surface area contributed by atoms with Gasteiger partial charge in [-0.3, -0.25) is 14.5 Å². The molecule has 2 heterocycles. The normalized spacial score (nSPS) is 27.5. The van der Waals surface area contributed by atoms with Gasteiger partial charge >= 0.3 is 5.97 Å². The van der Waals surface area contributed by atoms with E-state index in [4.69, 9.17) is 4.74 Å². The van der Waals surface area contributed by atoms with Gasteiger partial charge in [-0.25, -0.2) is 4.79 Å². The van der Waals surface area contributed by atoms with Gasteiger partial charge in [0.1, 0.15) is 17.9 Å². The van der Waals surface area contributed by atoms with Gasteiger partial charge in [0, 0.05) is 18.5 Å². The number of fused-ring (bicyclic) bond motifs is 1. The summed E-state index contributed by atoms with van der Waals surface area (Å²) in [6.07, 6.45) is 0.326. The SMILES string of the molecule is CCOC(=O)[C@]1(Cc2ccccc2)[NH2+][C@H](c2ccccc2C)[C@@H]2C(=O)N(CC)C(=O)[C@H]21. The number of nitrogens with two attached hydrogens (primary N) is 1. The molecule has 6 heteroatoms. The predicted molar refractivity (Wildman–Crippen MR) is 115 cm³/mol. The number of nitrogens with zero attached hydrogens (tertiary/aromatic N) is 1. The smallest absolute Gasteiger partial charge is 0.369 e. The number of esters is 1. The van der Waals surface area contributed by atoms with E-state index in [1.165, 1.54) is 4.90 Å². The van der Waals surface area contributed by atoms with E-state index in [2.05, 4.69) is 0 Å². The van der Waals surface area contributed by atoms with Gasteiger partial charge in [-0.15, -0.1) is 0 Å². The first-order chi connectivity index (χ1) is 14.9. The van der Waals surface area contributed by atoms with Crippen molar-refractivity contribution in [1.82, 2.24) is 4.90 Å². The Bertz CT molecular complexity index is 1010. The molecule has 2 fully saturated rings. The zero-order chi connectivity index (χ0) is 22.2. The van der Waals surface area contributed by atoms with Crippen LogP contribution in [0, 0.1) is 18.8 Å². The number of likely N-dealkylation sites (tertiary alicyclic amines) is 1. The molecule has 0 radical (unpaired) electrons. The molecule has 2 aliphatic rings. The molecule has 0 spiro atoms. The van der Waals surface area contributed by atoms with Gasteiger partial charge in [0.15, 0.2) is 0 Å². The van der Waals surface area contributed by atoms with Gasteiger partial charge in [0.05, 0.1) is 6.61 Å². The van der Waals surface area contributed by atoms with Crippen LogP contribution in [0.2, 0.25) is 0 Å². The number of hydrogen-bond donors (Lipinski definition) is 1. The van der Waals surface area contributed by atoms with Crippen LogP contribution < -0.4 is 5.32 Å². The lowest BCUT2D eigenvalue weighted by molar-refractivity contribution is -0.734. The van der Waals surface area contributed by atoms with E-state index >= 15 is 0 Å². The van der Waals surface area contributed by atoms with Crippen LogP contribution in [0.25, 0.3) is 0 Å². The van der Waals surface area contributed by atoms with Gasteiger partial charge in [-0.2, -0.15) is 0 Å². The second-order valence-electron chi connectivity index (χ2n) is 8.40. The average molecular weight is 422 g/mol. The topological polar surface area (TPSA) is 80.3 Å². The maximum Gasteiger partial charge on any atom is 0.369 e. The van der Waals surface area contributed by atoms with Gasteiger partial charge in [-0.1, -0.05) is 54.6 Å². The summed E-state index contributed by atoms with van der Waals surface area (Å²) in [5.41, 5.74) is 1.77. The molecule has 6 nitrogen and oxygen atoms in total. The van der Waals surface area contributed by atoms with Crippen LogP contribution in [0.3, 0.4) is 0 Å². The van der Waals surface area contributed by atoms with E-state index < -0.39 is 23.3 Å². The van der Waals surface area contributed by atoms with Crippen molar-refractivity contribution in [2.24, 2.45) is 11.8 Å². The lowest BCUT2D eigenvalue weighted by Gasteiger charge is -2.30. The molecule has 0 unspecified atom stereocenters. The molecule has 0 saturated carbocycles. The van der Waals surface area contributed by atoms with Crippen molar-refractivity contribution in [2.75, 3.05) is 13.2 Å². The van der Waals surface area contributed by atoms with Crippen LogP contribution in [0.5, 0.6) is 0 Å². The van der Waals surface area contributed by atoms with E-state index in [-0.39, 0.29) is 24.5 Å². The summed E-state index contributed by atoms with van der Waals surface area (Å²) < 4.78 is 5.52. The quantitative estimate of drug-likeness (QED) is 0.570. The van der Waals surface area contributed by atoms with Gasteiger partial charge in [0.2, 0.25) is 17.4 Å². The second-order valence-corrected chi connectivity index (χ2v) is 8.40. The van der Waals surface area contributed by atoms with Gasteiger partial charge in [0.25, 0.3) is 0 Å². The highest BCUT2D eigenvalue weighted by Crippen LogP contribution is 2.46. The van der Waals surface area contributed by atoms with Crippen LogP contribution in [-0.2, 0) is 25.5 Å². The fraction of sp³-hybridized carbons (Fsp3) is 0.400. The summed E-state index contributed by atoms with van der Waals surface area (Å²) >= 11 is 0. The van der Waals surface area contributed by atoms with Crippen LogP contribution in [0.4, 0.5) is 0 Å². The van der Waals surface area contributed by atoms with Crippen molar-refractivity contribution in [3.63, 3.8) is 0 Å². The highest BCUT2D eigenvalue weighted by molar-refractivity contribution is 6.08. The minimum atomic E-state index is -1.19. The number of imide groups is 1. The summed E-state index contributed by atoms with van der Waals surface area (Å²) in [6, 6.07) is 17.2. The van der Waals surface area contributed by atoms with Crippen LogP contribution in [0.1, 0.15) is 36.6 Å². The number of carbonyl (C=O) groups is 3. The molecular weight excluding hydrogens is 392 g/mol. The number of carbonyl (C=O) groups excluding carboxylic acids is 3. The molecule has 2 aromatic carbocycles. The summed E-state index contributed by atoms with van der Waals surface area (Å²) in [6.45, 7) is 6.08. The molecule has 0 bridgehead atoms. The fourth-order valence-corrected chi connectivity index (χ4v) is 5.37. The van der Waals surface area contributed by atoms with Gasteiger partial charge in [-0.05, 0) is 31.9 Å². The maximum absolute atomic E-state index is 13.5. The van der Waals surface area contributed by atoms with Crippen molar-refractivity contribution >= 4 is 17.8 Å². The summed E-state index contributed by atoms with van der Waals surface area (Å²) in [5.74, 6) is -2.25. The largest absolute Gasteiger partial charge is 0.461 e. The van der Waals surface area contributed by atoms with Crippen molar-refractivity contribution in [1.29, 1.82) is 0 Å². The van der Waals surface area contributed by atoms with Crippen molar-refractivity contribution in [2.45, 2.75) is 38.8 Å². The lowest BCUT2D eigenvalue weighted by Crippen LogP contribution is -2.98. The van der Waals surface area contributed by atoms with Gasteiger partial charge < -0.3 is 10.1 Å². The molecule has 4 rings (SSSR count). The molecule has 0 aliphatic carbocycles. The lowest BCUT2D eigenvalue weighted by atomic mass is 9.76. The molecular formula is C25H29N2O4+. The molecule has 2 N–H and O–H groups in total. The number of ether oxygens (including phenoxy) is 1. The first kappa shape index (κ1) is 21.2. The summed E-state index contributed by atoms with van der Waals surface area (Å²) in [5, 5.41) is 1.94. The number of hydrogen-bond acceptors (Lipinski definition) is 4. The number of benzene rings is 2. The molecule has 4 atom stereocenters. The first-order valence-electron chi connectivity index (χ1n) is 10.9. The van der Waals surface area contributed by atoms with Crippen molar-refractivity contribution < 1.29 is 24.4 Å². The number of aryl methyl sites for hydroxylation is 1.